The van der Waals surface area contributed by atoms with E-state index in [1.165, 1.54) is 25.0 Å². The molecule has 1 saturated carbocycles. The van der Waals surface area contributed by atoms with Crippen LogP contribution in [0.25, 0.3) is 0 Å². The van der Waals surface area contributed by atoms with Crippen molar-refractivity contribution in [1.29, 1.82) is 0 Å². The van der Waals surface area contributed by atoms with E-state index in [0.717, 1.165) is 12.3 Å². The van der Waals surface area contributed by atoms with Gasteiger partial charge in [-0.1, -0.05) is 24.7 Å². The van der Waals surface area contributed by atoms with E-state index in [9.17, 15) is 9.18 Å². The van der Waals surface area contributed by atoms with Crippen molar-refractivity contribution in [2.24, 2.45) is 11.7 Å². The Morgan fingerprint density at radius 3 is 2.95 bits per heavy atom. The van der Waals surface area contributed by atoms with Crippen molar-refractivity contribution in [1.82, 2.24) is 5.32 Å². The lowest BCUT2D eigenvalue weighted by Gasteiger charge is -2.13. The lowest BCUT2D eigenvalue weighted by Crippen LogP contribution is -2.33. The minimum Gasteiger partial charge on any atom is -0.349 e. The predicted molar refractivity (Wildman–Crippen MR) is 76.6 cm³/mol. The van der Waals surface area contributed by atoms with E-state index in [0.29, 0.717) is 5.56 Å². The number of rotatable bonds is 4. The van der Waals surface area contributed by atoms with Gasteiger partial charge in [-0.15, -0.1) is 0 Å². The predicted octanol–water partition coefficient (Wildman–Crippen LogP) is 2.05. The van der Waals surface area contributed by atoms with Gasteiger partial charge in [0, 0.05) is 11.6 Å². The molecular formula is C16H19FN2O. The third-order valence-corrected chi connectivity index (χ3v) is 3.31. The molecule has 4 heteroatoms. The second kappa shape index (κ2) is 6.53. The summed E-state index contributed by atoms with van der Waals surface area (Å²) in [4.78, 5) is 12.1. The first-order valence-corrected chi connectivity index (χ1v) is 6.89. The van der Waals surface area contributed by atoms with Crippen LogP contribution in [0.2, 0.25) is 0 Å². The molecule has 1 atom stereocenters. The number of benzene rings is 1. The van der Waals surface area contributed by atoms with Crippen molar-refractivity contribution >= 4 is 5.91 Å². The van der Waals surface area contributed by atoms with Crippen LogP contribution in [0.1, 0.15) is 42.1 Å². The van der Waals surface area contributed by atoms with E-state index >= 15 is 0 Å². The van der Waals surface area contributed by atoms with E-state index in [4.69, 9.17) is 5.73 Å². The molecule has 2 rings (SSSR count). The second-order valence-electron chi connectivity index (χ2n) is 5.25. The fourth-order valence-corrected chi connectivity index (χ4v) is 2.14. The number of nitrogens with one attached hydrogen (secondary N) is 1. The zero-order valence-electron chi connectivity index (χ0n) is 11.6. The number of hydrogen-bond acceptors (Lipinski definition) is 2. The minimum absolute atomic E-state index is 0.0384. The molecule has 0 aromatic heterocycles. The van der Waals surface area contributed by atoms with E-state index < -0.39 is 5.82 Å². The standard InChI is InChI=1S/C16H19FN2O/c1-11(9-13-4-5-13)19-16(20)14-10-12(3-2-8-18)6-7-15(14)17/h6-7,10-11,13H,4-5,8-9,18H2,1H3,(H,19,20). The Bertz CT molecular complexity index is 555. The molecule has 1 aliphatic carbocycles. The highest BCUT2D eigenvalue weighted by molar-refractivity contribution is 5.95. The van der Waals surface area contributed by atoms with Crippen LogP contribution in [0.5, 0.6) is 0 Å². The molecular weight excluding hydrogens is 255 g/mol. The van der Waals surface area contributed by atoms with Crippen LogP contribution in [0.3, 0.4) is 0 Å². The second-order valence-corrected chi connectivity index (χ2v) is 5.25. The summed E-state index contributed by atoms with van der Waals surface area (Å²) in [6.45, 7) is 2.18. The zero-order valence-corrected chi connectivity index (χ0v) is 11.6. The molecule has 1 unspecified atom stereocenters. The van der Waals surface area contributed by atoms with Crippen molar-refractivity contribution in [2.75, 3.05) is 6.54 Å². The van der Waals surface area contributed by atoms with Crippen LogP contribution in [0, 0.1) is 23.6 Å². The molecule has 1 amide bonds. The lowest BCUT2D eigenvalue weighted by atomic mass is 10.1. The average molecular weight is 274 g/mol. The highest BCUT2D eigenvalue weighted by Crippen LogP contribution is 2.33. The third-order valence-electron chi connectivity index (χ3n) is 3.31. The quantitative estimate of drug-likeness (QED) is 0.826. The van der Waals surface area contributed by atoms with Crippen molar-refractivity contribution in [3.05, 3.63) is 35.1 Å². The number of carbonyl (C=O) groups excluding carboxylic acids is 1. The normalized spacial score (nSPS) is 15.2. The SMILES string of the molecule is CC(CC1CC1)NC(=O)c1cc(C#CCN)ccc1F. The topological polar surface area (TPSA) is 55.1 Å². The molecule has 0 spiro atoms. The lowest BCUT2D eigenvalue weighted by molar-refractivity contribution is 0.0933. The molecule has 20 heavy (non-hydrogen) atoms. The molecule has 1 aromatic carbocycles. The van der Waals surface area contributed by atoms with Gasteiger partial charge in [-0.3, -0.25) is 4.79 Å². The number of halogens is 1. The van der Waals surface area contributed by atoms with Crippen LogP contribution in [0.4, 0.5) is 4.39 Å². The van der Waals surface area contributed by atoms with Crippen molar-refractivity contribution in [3.8, 4) is 11.8 Å². The Labute approximate surface area is 118 Å². The molecule has 3 N–H and O–H groups in total. The summed E-state index contributed by atoms with van der Waals surface area (Å²) in [6, 6.07) is 4.34. The minimum atomic E-state index is -0.528. The zero-order chi connectivity index (χ0) is 14.5. The van der Waals surface area contributed by atoms with E-state index in [1.54, 1.807) is 6.07 Å². The van der Waals surface area contributed by atoms with Gasteiger partial charge in [-0.05, 0) is 37.5 Å². The van der Waals surface area contributed by atoms with Crippen LogP contribution in [-0.2, 0) is 0 Å². The molecule has 106 valence electrons. The Hall–Kier alpha value is -1.86. The van der Waals surface area contributed by atoms with Gasteiger partial charge < -0.3 is 11.1 Å². The number of nitrogens with two attached hydrogens (primary N) is 1. The molecule has 1 fully saturated rings. The summed E-state index contributed by atoms with van der Waals surface area (Å²) < 4.78 is 13.7. The third kappa shape index (κ3) is 4.07. The van der Waals surface area contributed by atoms with Crippen LogP contribution < -0.4 is 11.1 Å². The van der Waals surface area contributed by atoms with Gasteiger partial charge >= 0.3 is 0 Å². The fourth-order valence-electron chi connectivity index (χ4n) is 2.14. The molecule has 0 heterocycles. The maximum atomic E-state index is 13.7. The summed E-state index contributed by atoms with van der Waals surface area (Å²) in [7, 11) is 0. The van der Waals surface area contributed by atoms with E-state index in [-0.39, 0.29) is 24.1 Å². The molecule has 0 saturated heterocycles. The number of carbonyl (C=O) groups is 1. The van der Waals surface area contributed by atoms with Gasteiger partial charge in [-0.25, -0.2) is 4.39 Å². The highest BCUT2D eigenvalue weighted by atomic mass is 19.1. The number of hydrogen-bond donors (Lipinski definition) is 2. The molecule has 1 aromatic rings. The first-order valence-electron chi connectivity index (χ1n) is 6.89. The maximum Gasteiger partial charge on any atom is 0.254 e. The Kier molecular flexibility index (Phi) is 4.75. The van der Waals surface area contributed by atoms with Crippen LogP contribution in [0.15, 0.2) is 18.2 Å². The molecule has 1 aliphatic rings. The molecule has 0 aliphatic heterocycles. The monoisotopic (exact) mass is 274 g/mol. The average Bonchev–Trinajstić information content (AvgIpc) is 3.21. The van der Waals surface area contributed by atoms with E-state index in [2.05, 4.69) is 17.2 Å². The first-order chi connectivity index (χ1) is 9.60. The largest absolute Gasteiger partial charge is 0.349 e. The van der Waals surface area contributed by atoms with Crippen molar-refractivity contribution in [3.63, 3.8) is 0 Å². The maximum absolute atomic E-state index is 13.7. The van der Waals surface area contributed by atoms with Gasteiger partial charge in [0.1, 0.15) is 5.82 Å². The summed E-state index contributed by atoms with van der Waals surface area (Å²) in [5.41, 5.74) is 5.93. The van der Waals surface area contributed by atoms with Crippen molar-refractivity contribution < 1.29 is 9.18 Å². The Morgan fingerprint density at radius 1 is 1.55 bits per heavy atom. The molecule has 0 bridgehead atoms. The highest BCUT2D eigenvalue weighted by Gasteiger charge is 2.24. The fraction of sp³-hybridized carbons (Fsp3) is 0.438. The smallest absolute Gasteiger partial charge is 0.254 e. The van der Waals surface area contributed by atoms with Gasteiger partial charge in [0.2, 0.25) is 0 Å². The Morgan fingerprint density at radius 2 is 2.30 bits per heavy atom. The van der Waals surface area contributed by atoms with E-state index in [1.807, 2.05) is 6.92 Å². The van der Waals surface area contributed by atoms with Gasteiger partial charge in [0.25, 0.3) is 5.91 Å². The van der Waals surface area contributed by atoms with Crippen LogP contribution >= 0.6 is 0 Å². The first kappa shape index (κ1) is 14.5. The van der Waals surface area contributed by atoms with Gasteiger partial charge in [0.15, 0.2) is 0 Å². The molecule has 0 radical (unpaired) electrons. The summed E-state index contributed by atoms with van der Waals surface area (Å²) in [5, 5.41) is 2.84. The number of amides is 1. The van der Waals surface area contributed by atoms with Crippen LogP contribution in [-0.4, -0.2) is 18.5 Å². The summed E-state index contributed by atoms with van der Waals surface area (Å²) in [6.07, 6.45) is 3.43. The summed E-state index contributed by atoms with van der Waals surface area (Å²) in [5.74, 6) is 5.30. The van der Waals surface area contributed by atoms with Gasteiger partial charge in [0.05, 0.1) is 12.1 Å². The Balaban J connectivity index is 2.07. The van der Waals surface area contributed by atoms with Crippen molar-refractivity contribution in [2.45, 2.75) is 32.2 Å². The van der Waals surface area contributed by atoms with Gasteiger partial charge in [-0.2, -0.15) is 0 Å². The summed E-state index contributed by atoms with van der Waals surface area (Å²) >= 11 is 0. The molecule has 3 nitrogen and oxygen atoms in total.